The van der Waals surface area contributed by atoms with Crippen molar-refractivity contribution in [1.29, 1.82) is 0 Å². The molecule has 9 unspecified atom stereocenters. The van der Waals surface area contributed by atoms with Crippen LogP contribution in [0.15, 0.2) is 61.1 Å². The average Bonchev–Trinajstić information content (AvgIpc) is 3.41. The molecule has 9 atom stereocenters. The van der Waals surface area contributed by atoms with Gasteiger partial charge in [-0.05, 0) is 139 Å². The summed E-state index contributed by atoms with van der Waals surface area (Å²) in [6, 6.07) is 7.54. The van der Waals surface area contributed by atoms with Crippen LogP contribution in [0.3, 0.4) is 0 Å². The van der Waals surface area contributed by atoms with Crippen molar-refractivity contribution in [2.24, 2.45) is 51.2 Å². The first kappa shape index (κ1) is 33.2. The number of hydrogen-bond acceptors (Lipinski definition) is 4. The third-order valence-electron chi connectivity index (χ3n) is 15.4. The Morgan fingerprint density at radius 3 is 2.33 bits per heavy atom. The summed E-state index contributed by atoms with van der Waals surface area (Å²) >= 11 is 0. The van der Waals surface area contributed by atoms with Gasteiger partial charge in [0.05, 0.1) is 17.7 Å². The fourth-order valence-corrected chi connectivity index (χ4v) is 13.2. The maximum absolute atomic E-state index is 13.6. The molecule has 5 aliphatic rings. The second-order valence-electron chi connectivity index (χ2n) is 17.7. The quantitative estimate of drug-likeness (QED) is 0.305. The first-order chi connectivity index (χ1) is 22.7. The minimum absolute atomic E-state index is 0.0115. The Morgan fingerprint density at radius 2 is 1.67 bits per heavy atom. The lowest BCUT2D eigenvalue weighted by atomic mass is 9.33. The zero-order valence-electron chi connectivity index (χ0n) is 29.9. The Balaban J connectivity index is 1.20. The number of nitrogens with one attached hydrogen (secondary N) is 1. The van der Waals surface area contributed by atoms with Crippen molar-refractivity contribution >= 4 is 17.4 Å². The van der Waals surface area contributed by atoms with Crippen LogP contribution in [-0.4, -0.2) is 32.5 Å². The van der Waals surface area contributed by atoms with Crippen molar-refractivity contribution < 1.29 is 14.7 Å². The molecule has 0 radical (unpaired) electrons. The number of benzene rings is 1. The van der Waals surface area contributed by atoms with Crippen molar-refractivity contribution in [3.05, 3.63) is 77.9 Å². The number of amides is 1. The first-order valence-corrected chi connectivity index (χ1v) is 18.4. The molecule has 2 N–H and O–H groups in total. The standard InChI is InChI=1S/C42H55N3O3/c1-26(2)30-14-19-42(45-35(46)24-29-25-43-22-23-44-29)21-20-40(6)32(36(30)42)12-13-34-39(5)17-15-31(27-8-10-28(11-9-27)37(47)48)38(3,4)33(39)16-18-41(34,40)7/h8-11,15,22-23,25,30,32-34,36H,1,12-14,16-21,24H2,2-7H3,(H,45,46)(H,47,48). The lowest BCUT2D eigenvalue weighted by molar-refractivity contribution is -0.219. The molecule has 6 heteroatoms. The number of aromatic carboxylic acids is 1. The van der Waals surface area contributed by atoms with Gasteiger partial charge in [0.15, 0.2) is 0 Å². The molecular weight excluding hydrogens is 594 g/mol. The van der Waals surface area contributed by atoms with E-state index in [2.05, 4.69) is 69.5 Å². The van der Waals surface area contributed by atoms with Gasteiger partial charge < -0.3 is 10.4 Å². The van der Waals surface area contributed by atoms with Crippen LogP contribution in [0.5, 0.6) is 0 Å². The van der Waals surface area contributed by atoms with E-state index in [0.717, 1.165) is 43.4 Å². The van der Waals surface area contributed by atoms with Gasteiger partial charge >= 0.3 is 5.97 Å². The summed E-state index contributed by atoms with van der Waals surface area (Å²) in [7, 11) is 0. The molecule has 0 aliphatic heterocycles. The second kappa shape index (κ2) is 11.4. The summed E-state index contributed by atoms with van der Waals surface area (Å²) < 4.78 is 0. The minimum Gasteiger partial charge on any atom is -0.478 e. The number of rotatable bonds is 6. The Morgan fingerprint density at radius 1 is 0.917 bits per heavy atom. The third-order valence-corrected chi connectivity index (χ3v) is 15.4. The summed E-state index contributed by atoms with van der Waals surface area (Å²) in [5, 5.41) is 13.1. The first-order valence-electron chi connectivity index (χ1n) is 18.4. The van der Waals surface area contributed by atoms with Crippen LogP contribution in [0.25, 0.3) is 5.57 Å². The van der Waals surface area contributed by atoms with Gasteiger partial charge in [-0.2, -0.15) is 0 Å². The molecule has 4 fully saturated rings. The SMILES string of the molecule is C=C(C)C1CCC2(NC(=O)Cc3cnccn3)CCC3(C)C(CCC4C5(C)CC=C(c6ccc(C(=O)O)cc6)C(C)(C)C5CCC43C)C12. The maximum Gasteiger partial charge on any atom is 0.335 e. The van der Waals surface area contributed by atoms with Crippen LogP contribution >= 0.6 is 0 Å². The summed E-state index contributed by atoms with van der Waals surface area (Å²) in [6.07, 6.45) is 18.1. The number of allylic oxidation sites excluding steroid dienone is 3. The minimum atomic E-state index is -0.877. The van der Waals surface area contributed by atoms with Gasteiger partial charge in [-0.3, -0.25) is 14.8 Å². The van der Waals surface area contributed by atoms with Gasteiger partial charge in [0.2, 0.25) is 5.91 Å². The zero-order valence-corrected chi connectivity index (χ0v) is 29.9. The molecule has 1 amide bonds. The molecule has 6 nitrogen and oxygen atoms in total. The fraction of sp³-hybridized carbons (Fsp3) is 0.619. The lowest BCUT2D eigenvalue weighted by Crippen LogP contribution is -2.68. The van der Waals surface area contributed by atoms with Crippen LogP contribution in [0.4, 0.5) is 0 Å². The van der Waals surface area contributed by atoms with Gasteiger partial charge in [-0.25, -0.2) is 4.79 Å². The van der Waals surface area contributed by atoms with Crippen LogP contribution in [0, 0.1) is 51.2 Å². The van der Waals surface area contributed by atoms with Crippen molar-refractivity contribution in [2.75, 3.05) is 0 Å². The molecule has 5 aliphatic carbocycles. The molecule has 1 heterocycles. The van der Waals surface area contributed by atoms with Gasteiger partial charge in [-0.1, -0.05) is 65.0 Å². The van der Waals surface area contributed by atoms with E-state index < -0.39 is 5.97 Å². The Kier molecular flexibility index (Phi) is 7.88. The van der Waals surface area contributed by atoms with Gasteiger partial charge in [0.1, 0.15) is 0 Å². The number of hydrogen-bond donors (Lipinski definition) is 2. The van der Waals surface area contributed by atoms with Crippen LogP contribution in [0.2, 0.25) is 0 Å². The number of nitrogens with zero attached hydrogens (tertiary/aromatic N) is 2. The molecule has 1 aromatic heterocycles. The largest absolute Gasteiger partial charge is 0.478 e. The smallest absolute Gasteiger partial charge is 0.335 e. The molecule has 4 saturated carbocycles. The number of carboxylic acid groups (broad SMARTS) is 1. The summed E-state index contributed by atoms with van der Waals surface area (Å²) in [5.41, 5.74) is 5.28. The third kappa shape index (κ3) is 4.78. The number of aromatic nitrogens is 2. The molecule has 1 aromatic carbocycles. The topological polar surface area (TPSA) is 92.2 Å². The van der Waals surface area contributed by atoms with Crippen LogP contribution < -0.4 is 5.32 Å². The van der Waals surface area contributed by atoms with E-state index >= 15 is 0 Å². The Labute approximate surface area is 287 Å². The van der Waals surface area contributed by atoms with E-state index in [1.807, 2.05) is 12.1 Å². The molecule has 256 valence electrons. The summed E-state index contributed by atoms with van der Waals surface area (Å²) in [4.78, 5) is 33.7. The van der Waals surface area contributed by atoms with E-state index in [1.54, 1.807) is 30.7 Å². The lowest BCUT2D eigenvalue weighted by Gasteiger charge is -2.72. The molecule has 7 rings (SSSR count). The maximum atomic E-state index is 13.6. The molecule has 2 aromatic rings. The normalized spacial score (nSPS) is 39.5. The number of fused-ring (bicyclic) bond motifs is 7. The molecule has 0 spiro atoms. The van der Waals surface area contributed by atoms with Crippen molar-refractivity contribution in [1.82, 2.24) is 15.3 Å². The Bertz CT molecular complexity index is 1650. The van der Waals surface area contributed by atoms with Crippen molar-refractivity contribution in [3.63, 3.8) is 0 Å². The predicted molar refractivity (Wildman–Crippen MR) is 190 cm³/mol. The van der Waals surface area contributed by atoms with Gasteiger partial charge in [0, 0.05) is 24.1 Å². The van der Waals surface area contributed by atoms with E-state index in [9.17, 15) is 14.7 Å². The Hall–Kier alpha value is -3.28. The van der Waals surface area contributed by atoms with Gasteiger partial charge in [0.25, 0.3) is 0 Å². The highest BCUT2D eigenvalue weighted by Crippen LogP contribution is 2.76. The summed E-state index contributed by atoms with van der Waals surface area (Å²) in [5.74, 6) is 1.77. The average molecular weight is 650 g/mol. The molecule has 48 heavy (non-hydrogen) atoms. The number of carbonyl (C=O) groups is 2. The van der Waals surface area contributed by atoms with E-state index in [1.165, 1.54) is 36.8 Å². The zero-order chi connectivity index (χ0) is 34.3. The molecule has 0 saturated heterocycles. The highest BCUT2D eigenvalue weighted by atomic mass is 16.4. The highest BCUT2D eigenvalue weighted by molar-refractivity contribution is 5.88. The van der Waals surface area contributed by atoms with E-state index in [0.29, 0.717) is 35.2 Å². The monoisotopic (exact) mass is 649 g/mol. The van der Waals surface area contributed by atoms with E-state index in [-0.39, 0.29) is 39.5 Å². The van der Waals surface area contributed by atoms with Crippen LogP contribution in [-0.2, 0) is 11.2 Å². The van der Waals surface area contributed by atoms with Gasteiger partial charge in [-0.15, -0.1) is 0 Å². The predicted octanol–water partition coefficient (Wildman–Crippen LogP) is 8.94. The van der Waals surface area contributed by atoms with Crippen LogP contribution in [0.1, 0.15) is 121 Å². The summed E-state index contributed by atoms with van der Waals surface area (Å²) in [6.45, 7) is 19.5. The van der Waals surface area contributed by atoms with Crippen molar-refractivity contribution in [2.45, 2.75) is 111 Å². The fourth-order valence-electron chi connectivity index (χ4n) is 13.2. The van der Waals surface area contributed by atoms with Crippen molar-refractivity contribution in [3.8, 4) is 0 Å². The molecule has 0 bridgehead atoms. The number of carboxylic acids is 1. The highest BCUT2D eigenvalue weighted by Gasteiger charge is 2.70. The van der Waals surface area contributed by atoms with E-state index in [4.69, 9.17) is 0 Å². The second-order valence-corrected chi connectivity index (χ2v) is 17.7. The molecular formula is C42H55N3O3. The number of carbonyl (C=O) groups excluding carboxylic acids is 1.